The van der Waals surface area contributed by atoms with Crippen LogP contribution in [0.1, 0.15) is 30.9 Å². The van der Waals surface area contributed by atoms with Crippen molar-refractivity contribution in [1.82, 2.24) is 25.4 Å². The van der Waals surface area contributed by atoms with Crippen LogP contribution in [0.2, 0.25) is 0 Å². The second-order valence-corrected chi connectivity index (χ2v) is 9.81. The molecule has 14 heteroatoms. The first-order chi connectivity index (χ1) is 21.0. The van der Waals surface area contributed by atoms with E-state index in [1.165, 1.54) is 40.2 Å². The van der Waals surface area contributed by atoms with Crippen LogP contribution in [-0.4, -0.2) is 45.6 Å². The number of urea groups is 1. The number of aliphatic imine (C=N–C) groups is 1. The van der Waals surface area contributed by atoms with Crippen LogP contribution in [-0.2, 0) is 4.79 Å². The lowest BCUT2D eigenvalue weighted by Crippen LogP contribution is -2.47. The number of amides is 3. The molecule has 0 fully saturated rings. The van der Waals surface area contributed by atoms with E-state index in [-0.39, 0.29) is 35.6 Å². The summed E-state index contributed by atoms with van der Waals surface area (Å²) in [6.07, 6.45) is -2.52. The van der Waals surface area contributed by atoms with Gasteiger partial charge in [0.2, 0.25) is 5.96 Å². The average molecular weight is 608 g/mol. The summed E-state index contributed by atoms with van der Waals surface area (Å²) in [6, 6.07) is 17.7. The monoisotopic (exact) mass is 607 g/mol. The number of carbonyl (C=O) groups excluding carboxylic acids is 2. The van der Waals surface area contributed by atoms with E-state index in [9.17, 15) is 27.2 Å². The Morgan fingerprint density at radius 2 is 1.73 bits per heavy atom. The average Bonchev–Trinajstić information content (AvgIpc) is 3.62. The number of hydrogen-bond acceptors (Lipinski definition) is 6. The molecule has 5 rings (SSSR count). The predicted octanol–water partition coefficient (Wildman–Crippen LogP) is 5.93. The van der Waals surface area contributed by atoms with E-state index in [4.69, 9.17) is 0 Å². The minimum atomic E-state index is -4.79. The highest BCUT2D eigenvalue weighted by atomic mass is 19.4. The Labute approximate surface area is 248 Å². The van der Waals surface area contributed by atoms with Crippen molar-refractivity contribution in [2.24, 2.45) is 4.99 Å². The molecule has 0 bridgehead atoms. The van der Waals surface area contributed by atoms with E-state index in [2.05, 4.69) is 30.4 Å². The SMILES string of the molecule is CC(C)c1ccccc1N1C(=O)CN=C1NC(=O)N/C=C(\F)c1ccc(-c2ncn(-c3ccc(OC(F)(F)F)cc3)n2)cc1. The van der Waals surface area contributed by atoms with Crippen LogP contribution in [0.4, 0.5) is 28.0 Å². The molecule has 0 spiro atoms. The molecule has 1 aliphatic heterocycles. The zero-order valence-corrected chi connectivity index (χ0v) is 23.3. The lowest BCUT2D eigenvalue weighted by atomic mass is 10.0. The first-order valence-electron chi connectivity index (χ1n) is 13.3. The van der Waals surface area contributed by atoms with Gasteiger partial charge in [-0.1, -0.05) is 56.3 Å². The molecule has 44 heavy (non-hydrogen) atoms. The number of alkyl halides is 3. The number of hydrogen-bond donors (Lipinski definition) is 2. The minimum Gasteiger partial charge on any atom is -0.406 e. The van der Waals surface area contributed by atoms with Crippen molar-refractivity contribution in [2.75, 3.05) is 11.4 Å². The summed E-state index contributed by atoms with van der Waals surface area (Å²) < 4.78 is 57.2. The molecule has 226 valence electrons. The summed E-state index contributed by atoms with van der Waals surface area (Å²) in [5.41, 5.74) is 2.68. The smallest absolute Gasteiger partial charge is 0.406 e. The zero-order valence-electron chi connectivity index (χ0n) is 23.3. The maximum Gasteiger partial charge on any atom is 0.573 e. The summed E-state index contributed by atoms with van der Waals surface area (Å²) in [4.78, 5) is 34.8. The van der Waals surface area contributed by atoms with Gasteiger partial charge in [-0.25, -0.2) is 28.7 Å². The van der Waals surface area contributed by atoms with Crippen molar-refractivity contribution in [3.05, 3.63) is 96.5 Å². The van der Waals surface area contributed by atoms with E-state index in [1.54, 1.807) is 24.3 Å². The third-order valence-corrected chi connectivity index (χ3v) is 6.43. The van der Waals surface area contributed by atoms with Crippen molar-refractivity contribution in [3.8, 4) is 22.8 Å². The largest absolute Gasteiger partial charge is 0.573 e. The van der Waals surface area contributed by atoms with Crippen LogP contribution >= 0.6 is 0 Å². The van der Waals surface area contributed by atoms with Crippen molar-refractivity contribution in [3.63, 3.8) is 0 Å². The molecule has 4 aromatic rings. The number of rotatable bonds is 7. The second-order valence-electron chi connectivity index (χ2n) is 9.81. The molecule has 1 aromatic heterocycles. The maximum atomic E-state index is 14.9. The molecule has 3 amide bonds. The van der Waals surface area contributed by atoms with Crippen molar-refractivity contribution < 1.29 is 31.9 Å². The topological polar surface area (TPSA) is 114 Å². The Morgan fingerprint density at radius 1 is 1.02 bits per heavy atom. The molecule has 3 aromatic carbocycles. The quantitative estimate of drug-likeness (QED) is 0.253. The Kier molecular flexibility index (Phi) is 8.42. The molecule has 0 radical (unpaired) electrons. The predicted molar refractivity (Wildman–Crippen MR) is 155 cm³/mol. The van der Waals surface area contributed by atoms with Gasteiger partial charge in [0.25, 0.3) is 5.91 Å². The lowest BCUT2D eigenvalue weighted by Gasteiger charge is -2.23. The Morgan fingerprint density at radius 3 is 2.41 bits per heavy atom. The molecule has 0 saturated carbocycles. The Hall–Kier alpha value is -5.53. The third-order valence-electron chi connectivity index (χ3n) is 6.43. The standard InChI is InChI=1S/C30H25F4N7O3/c1-18(2)23-5-3-4-6-25(23)41-26(42)16-35-28(41)38-29(43)36-15-24(31)19-7-9-20(10-8-19)27-37-17-40(39-27)21-11-13-22(14-12-21)44-30(32,33)34/h3-15,17-18H,16H2,1-2H3,(H2,35,36,38,43)/b24-15-. The number of halogens is 4. The Bertz CT molecular complexity index is 1730. The van der Waals surface area contributed by atoms with Gasteiger partial charge in [0.15, 0.2) is 5.82 Å². The van der Waals surface area contributed by atoms with E-state index in [0.717, 1.165) is 23.9 Å². The summed E-state index contributed by atoms with van der Waals surface area (Å²) in [7, 11) is 0. The lowest BCUT2D eigenvalue weighted by molar-refractivity contribution is -0.274. The van der Waals surface area contributed by atoms with Gasteiger partial charge in [-0.2, -0.15) is 0 Å². The van der Waals surface area contributed by atoms with E-state index >= 15 is 0 Å². The number of carbonyl (C=O) groups is 2. The normalized spacial score (nSPS) is 13.7. The van der Waals surface area contributed by atoms with Gasteiger partial charge in [-0.05, 0) is 41.8 Å². The molecule has 2 N–H and O–H groups in total. The van der Waals surface area contributed by atoms with E-state index in [0.29, 0.717) is 22.8 Å². The molecule has 2 heterocycles. The maximum absolute atomic E-state index is 14.9. The number of anilines is 1. The number of aromatic nitrogens is 3. The van der Waals surface area contributed by atoms with Crippen LogP contribution in [0.3, 0.4) is 0 Å². The van der Waals surface area contributed by atoms with Gasteiger partial charge >= 0.3 is 12.4 Å². The summed E-state index contributed by atoms with van der Waals surface area (Å²) in [6.45, 7) is 3.85. The van der Waals surface area contributed by atoms with E-state index in [1.807, 2.05) is 26.0 Å². The highest BCUT2D eigenvalue weighted by Crippen LogP contribution is 2.29. The van der Waals surface area contributed by atoms with Gasteiger partial charge in [-0.15, -0.1) is 18.3 Å². The van der Waals surface area contributed by atoms with Crippen molar-refractivity contribution in [2.45, 2.75) is 26.1 Å². The number of nitrogens with zero attached hydrogens (tertiary/aromatic N) is 5. The number of guanidine groups is 1. The molecule has 0 aliphatic carbocycles. The van der Waals surface area contributed by atoms with Gasteiger partial charge in [0.05, 0.1) is 11.4 Å². The number of nitrogens with one attached hydrogen (secondary N) is 2. The fraction of sp³-hybridized carbons (Fsp3) is 0.167. The van der Waals surface area contributed by atoms with Gasteiger partial charge < -0.3 is 10.1 Å². The highest BCUT2D eigenvalue weighted by molar-refractivity contribution is 6.23. The minimum absolute atomic E-state index is 0.0382. The summed E-state index contributed by atoms with van der Waals surface area (Å²) >= 11 is 0. The zero-order chi connectivity index (χ0) is 31.4. The third kappa shape index (κ3) is 6.91. The fourth-order valence-corrected chi connectivity index (χ4v) is 4.37. The van der Waals surface area contributed by atoms with Crippen LogP contribution in [0.25, 0.3) is 22.9 Å². The number of benzene rings is 3. The molecule has 0 atom stereocenters. The number of para-hydroxylation sites is 1. The molecule has 10 nitrogen and oxygen atoms in total. The molecule has 0 saturated heterocycles. The highest BCUT2D eigenvalue weighted by Gasteiger charge is 2.31. The van der Waals surface area contributed by atoms with Gasteiger partial charge in [0.1, 0.15) is 24.4 Å². The second kappa shape index (κ2) is 12.4. The summed E-state index contributed by atoms with van der Waals surface area (Å²) in [5.74, 6) is -0.954. The van der Waals surface area contributed by atoms with Crippen LogP contribution in [0.5, 0.6) is 5.75 Å². The fourth-order valence-electron chi connectivity index (χ4n) is 4.37. The van der Waals surface area contributed by atoms with Crippen LogP contribution in [0, 0.1) is 0 Å². The van der Waals surface area contributed by atoms with Crippen molar-refractivity contribution >= 4 is 29.4 Å². The van der Waals surface area contributed by atoms with Gasteiger partial charge in [-0.3, -0.25) is 10.1 Å². The first kappa shape index (κ1) is 29.9. The molecular weight excluding hydrogens is 582 g/mol. The number of ether oxygens (including phenoxy) is 1. The molecular formula is C30H25F4N7O3. The molecule has 1 aliphatic rings. The molecule has 0 unspecified atom stereocenters. The summed E-state index contributed by atoms with van der Waals surface area (Å²) in [5, 5.41) is 9.13. The van der Waals surface area contributed by atoms with Crippen LogP contribution in [0.15, 0.2) is 90.3 Å². The first-order valence-corrected chi connectivity index (χ1v) is 13.3. The van der Waals surface area contributed by atoms with E-state index < -0.39 is 18.2 Å². The van der Waals surface area contributed by atoms with Gasteiger partial charge in [0, 0.05) is 17.3 Å². The Balaban J connectivity index is 1.21. The van der Waals surface area contributed by atoms with Crippen molar-refractivity contribution in [1.29, 1.82) is 0 Å². The van der Waals surface area contributed by atoms with Crippen LogP contribution < -0.4 is 20.3 Å².